The summed E-state index contributed by atoms with van der Waals surface area (Å²) in [5.41, 5.74) is 1.14. The lowest BCUT2D eigenvalue weighted by molar-refractivity contribution is -0.148. The number of fused-ring (bicyclic) bond motifs is 4. The van der Waals surface area contributed by atoms with Crippen molar-refractivity contribution in [1.29, 1.82) is 0 Å². The predicted octanol–water partition coefficient (Wildman–Crippen LogP) is 1.41. The van der Waals surface area contributed by atoms with Crippen molar-refractivity contribution in [3.63, 3.8) is 0 Å². The van der Waals surface area contributed by atoms with Gasteiger partial charge in [0.1, 0.15) is 0 Å². The van der Waals surface area contributed by atoms with Crippen molar-refractivity contribution in [3.05, 3.63) is 42.2 Å². The number of benzene rings is 1. The molecule has 4 heterocycles. The van der Waals surface area contributed by atoms with Crippen LogP contribution in [0, 0.1) is 11.8 Å². The Labute approximate surface area is 181 Å². The van der Waals surface area contributed by atoms with E-state index in [1.165, 1.54) is 0 Å². The lowest BCUT2D eigenvalue weighted by atomic mass is 9.72. The molecule has 0 saturated carbocycles. The fraction of sp³-hybridized carbons (Fsp3) is 0.524. The van der Waals surface area contributed by atoms with Crippen LogP contribution in [0.25, 0.3) is 5.69 Å². The van der Waals surface area contributed by atoms with Crippen LogP contribution in [-0.2, 0) is 4.79 Å². The van der Waals surface area contributed by atoms with Gasteiger partial charge in [0.2, 0.25) is 5.91 Å². The molecule has 5 rings (SSSR count). The summed E-state index contributed by atoms with van der Waals surface area (Å²) in [6.45, 7) is 2.35. The molecule has 9 heteroatoms. The maximum atomic E-state index is 12.7. The van der Waals surface area contributed by atoms with E-state index in [1.54, 1.807) is 10.9 Å². The van der Waals surface area contributed by atoms with Crippen molar-refractivity contribution in [3.8, 4) is 5.69 Å². The van der Waals surface area contributed by atoms with Crippen LogP contribution >= 0.6 is 12.4 Å². The van der Waals surface area contributed by atoms with Gasteiger partial charge in [-0.3, -0.25) is 9.59 Å². The van der Waals surface area contributed by atoms with Crippen LogP contribution in [0.4, 0.5) is 0 Å². The van der Waals surface area contributed by atoms with Crippen LogP contribution in [-0.4, -0.2) is 63.4 Å². The molecule has 3 saturated heterocycles. The standard InChI is InChI=1S/C21H26N6O2.ClH/c28-20-8-4-7-18-14-9-15(11-22-10-14)19(27(18)20)12-23-21(29)17-13-26(25-24-17)16-5-2-1-3-6-16;/h1-3,5-6,13-15,18-19,22H,4,7-12H2,(H,23,29);1H/t14-,15+,18+,19+;/m1./s1. The highest BCUT2D eigenvalue weighted by Crippen LogP contribution is 2.39. The van der Waals surface area contributed by atoms with Gasteiger partial charge < -0.3 is 15.5 Å². The molecule has 4 atom stereocenters. The minimum atomic E-state index is -0.251. The van der Waals surface area contributed by atoms with Gasteiger partial charge in [-0.2, -0.15) is 0 Å². The van der Waals surface area contributed by atoms with Gasteiger partial charge in [-0.05, 0) is 49.8 Å². The Balaban J connectivity index is 0.00000218. The molecule has 1 aromatic heterocycles. The van der Waals surface area contributed by atoms with Crippen LogP contribution in [0.3, 0.4) is 0 Å². The topological polar surface area (TPSA) is 92.2 Å². The number of rotatable bonds is 4. The number of nitrogens with zero attached hydrogens (tertiary/aromatic N) is 4. The van der Waals surface area contributed by atoms with Crippen LogP contribution in [0.5, 0.6) is 0 Å². The van der Waals surface area contributed by atoms with Gasteiger partial charge in [0, 0.05) is 25.6 Å². The zero-order chi connectivity index (χ0) is 19.8. The molecule has 2 aromatic rings. The molecule has 1 aromatic carbocycles. The number of nitrogens with one attached hydrogen (secondary N) is 2. The molecule has 2 bridgehead atoms. The number of carbonyl (C=O) groups excluding carboxylic acids is 2. The molecule has 0 radical (unpaired) electrons. The molecule has 2 N–H and O–H groups in total. The summed E-state index contributed by atoms with van der Waals surface area (Å²) >= 11 is 0. The maximum Gasteiger partial charge on any atom is 0.273 e. The summed E-state index contributed by atoms with van der Waals surface area (Å²) in [5, 5.41) is 14.6. The van der Waals surface area contributed by atoms with E-state index >= 15 is 0 Å². The molecule has 3 aliphatic rings. The van der Waals surface area contributed by atoms with Crippen LogP contribution in [0.1, 0.15) is 36.2 Å². The first kappa shape index (κ1) is 20.8. The fourth-order valence-electron chi connectivity index (χ4n) is 5.26. The lowest BCUT2D eigenvalue weighted by Crippen LogP contribution is -2.66. The van der Waals surface area contributed by atoms with Gasteiger partial charge in [-0.25, -0.2) is 4.68 Å². The molecular formula is C21H27ClN6O2. The van der Waals surface area contributed by atoms with E-state index in [0.29, 0.717) is 30.8 Å². The molecule has 30 heavy (non-hydrogen) atoms. The average molecular weight is 431 g/mol. The first-order valence-corrected chi connectivity index (χ1v) is 10.5. The van der Waals surface area contributed by atoms with Gasteiger partial charge >= 0.3 is 0 Å². The Kier molecular flexibility index (Phi) is 6.06. The highest BCUT2D eigenvalue weighted by atomic mass is 35.5. The highest BCUT2D eigenvalue weighted by Gasteiger charge is 2.47. The monoisotopic (exact) mass is 430 g/mol. The third-order valence-electron chi connectivity index (χ3n) is 6.62. The number of aromatic nitrogens is 3. The predicted molar refractivity (Wildman–Crippen MR) is 114 cm³/mol. The second kappa shape index (κ2) is 8.73. The number of hydrogen-bond acceptors (Lipinski definition) is 5. The minimum Gasteiger partial charge on any atom is -0.349 e. The summed E-state index contributed by atoms with van der Waals surface area (Å²) in [4.78, 5) is 27.5. The van der Waals surface area contributed by atoms with Crippen molar-refractivity contribution < 1.29 is 9.59 Å². The first-order valence-electron chi connectivity index (χ1n) is 10.5. The van der Waals surface area contributed by atoms with Crippen molar-refractivity contribution in [2.75, 3.05) is 19.6 Å². The number of hydrogen-bond donors (Lipinski definition) is 2. The Morgan fingerprint density at radius 3 is 2.83 bits per heavy atom. The van der Waals surface area contributed by atoms with E-state index in [4.69, 9.17) is 0 Å². The van der Waals surface area contributed by atoms with Gasteiger partial charge in [-0.15, -0.1) is 17.5 Å². The maximum absolute atomic E-state index is 12.7. The lowest BCUT2D eigenvalue weighted by Gasteiger charge is -2.54. The summed E-state index contributed by atoms with van der Waals surface area (Å²) < 4.78 is 1.59. The van der Waals surface area contributed by atoms with Crippen LogP contribution in [0.15, 0.2) is 36.5 Å². The number of carbonyl (C=O) groups is 2. The summed E-state index contributed by atoms with van der Waals surface area (Å²) in [7, 11) is 0. The number of piperidine rings is 3. The largest absolute Gasteiger partial charge is 0.349 e. The molecule has 2 amide bonds. The van der Waals surface area contributed by atoms with Crippen LogP contribution < -0.4 is 10.6 Å². The normalized spacial score (nSPS) is 27.7. The molecule has 160 valence electrons. The highest BCUT2D eigenvalue weighted by molar-refractivity contribution is 5.92. The minimum absolute atomic E-state index is 0. The third-order valence-corrected chi connectivity index (χ3v) is 6.62. The smallest absolute Gasteiger partial charge is 0.273 e. The number of para-hydroxylation sites is 1. The Hall–Kier alpha value is -2.45. The molecule has 0 spiro atoms. The van der Waals surface area contributed by atoms with E-state index in [2.05, 4.69) is 25.8 Å². The van der Waals surface area contributed by atoms with E-state index in [-0.39, 0.29) is 36.0 Å². The average Bonchev–Trinajstić information content (AvgIpc) is 3.25. The zero-order valence-electron chi connectivity index (χ0n) is 16.7. The molecule has 0 unspecified atom stereocenters. The SMILES string of the molecule is Cl.O=C(NC[C@H]1[C@@H]2CNC[C@@H](C2)[C@@H]2CCCC(=O)N21)c1cn(-c2ccccc2)nn1. The molecule has 3 fully saturated rings. The van der Waals surface area contributed by atoms with E-state index in [1.807, 2.05) is 30.3 Å². The molecular weight excluding hydrogens is 404 g/mol. The number of halogens is 1. The van der Waals surface area contributed by atoms with Gasteiger partial charge in [-0.1, -0.05) is 23.4 Å². The molecule has 0 aliphatic carbocycles. The van der Waals surface area contributed by atoms with Crippen LogP contribution in [0.2, 0.25) is 0 Å². The zero-order valence-corrected chi connectivity index (χ0v) is 17.6. The second-order valence-electron chi connectivity index (χ2n) is 8.34. The van der Waals surface area contributed by atoms with E-state index in [9.17, 15) is 9.59 Å². The number of amides is 2. The van der Waals surface area contributed by atoms with Gasteiger partial charge in [0.05, 0.1) is 17.9 Å². The Morgan fingerprint density at radius 1 is 1.20 bits per heavy atom. The molecule has 3 aliphatic heterocycles. The van der Waals surface area contributed by atoms with Crippen molar-refractivity contribution >= 4 is 24.2 Å². The summed E-state index contributed by atoms with van der Waals surface area (Å²) in [6, 6.07) is 9.93. The van der Waals surface area contributed by atoms with Gasteiger partial charge in [0.15, 0.2) is 5.69 Å². The second-order valence-corrected chi connectivity index (χ2v) is 8.34. The summed E-state index contributed by atoms with van der Waals surface area (Å²) in [5.74, 6) is 0.911. The summed E-state index contributed by atoms with van der Waals surface area (Å²) in [6.07, 6.45) is 5.44. The van der Waals surface area contributed by atoms with E-state index in [0.717, 1.165) is 38.0 Å². The fourth-order valence-corrected chi connectivity index (χ4v) is 5.26. The Morgan fingerprint density at radius 2 is 2.00 bits per heavy atom. The molecule has 8 nitrogen and oxygen atoms in total. The first-order chi connectivity index (χ1) is 14.2. The quantitative estimate of drug-likeness (QED) is 0.765. The van der Waals surface area contributed by atoms with Gasteiger partial charge in [0.25, 0.3) is 5.91 Å². The Bertz CT molecular complexity index is 904. The van der Waals surface area contributed by atoms with Crippen molar-refractivity contribution in [1.82, 2.24) is 30.5 Å². The van der Waals surface area contributed by atoms with Crippen molar-refractivity contribution in [2.24, 2.45) is 11.8 Å². The third kappa shape index (κ3) is 3.81. The van der Waals surface area contributed by atoms with E-state index < -0.39 is 0 Å². The van der Waals surface area contributed by atoms with Crippen molar-refractivity contribution in [2.45, 2.75) is 37.8 Å².